The molecule has 0 unspecified atom stereocenters. The van der Waals surface area contributed by atoms with E-state index in [1.54, 1.807) is 13.2 Å². The summed E-state index contributed by atoms with van der Waals surface area (Å²) in [4.78, 5) is 43.2. The molecule has 2 heterocycles. The van der Waals surface area contributed by atoms with E-state index in [4.69, 9.17) is 4.74 Å². The topological polar surface area (TPSA) is 101 Å². The highest BCUT2D eigenvalue weighted by atomic mass is 32.1. The second-order valence-corrected chi connectivity index (χ2v) is 8.37. The van der Waals surface area contributed by atoms with Crippen molar-refractivity contribution in [3.8, 4) is 5.75 Å². The van der Waals surface area contributed by atoms with Crippen molar-refractivity contribution >= 4 is 44.5 Å². The van der Waals surface area contributed by atoms with Crippen LogP contribution in [0.2, 0.25) is 0 Å². The van der Waals surface area contributed by atoms with Crippen LogP contribution < -0.4 is 15.4 Å². The van der Waals surface area contributed by atoms with Gasteiger partial charge in [0.25, 0.3) is 5.91 Å². The van der Waals surface area contributed by atoms with E-state index < -0.39 is 17.5 Å². The Labute approximate surface area is 166 Å². The molecule has 1 aromatic heterocycles. The van der Waals surface area contributed by atoms with Crippen molar-refractivity contribution < 1.29 is 19.1 Å². The van der Waals surface area contributed by atoms with Crippen molar-refractivity contribution in [2.75, 3.05) is 19.0 Å². The van der Waals surface area contributed by atoms with Gasteiger partial charge < -0.3 is 15.4 Å². The fourth-order valence-electron chi connectivity index (χ4n) is 4.03. The van der Waals surface area contributed by atoms with E-state index in [0.717, 1.165) is 28.9 Å². The summed E-state index contributed by atoms with van der Waals surface area (Å²) in [5, 5.41) is 5.96. The predicted molar refractivity (Wildman–Crippen MR) is 105 cm³/mol. The third-order valence-electron chi connectivity index (χ3n) is 5.64. The molecule has 2 aromatic rings. The number of urea groups is 1. The molecule has 2 N–H and O–H groups in total. The number of nitrogens with zero attached hydrogens (tertiary/aromatic N) is 2. The zero-order valence-corrected chi connectivity index (χ0v) is 16.6. The molecule has 0 radical (unpaired) electrons. The van der Waals surface area contributed by atoms with Gasteiger partial charge in [-0.25, -0.2) is 9.78 Å². The Morgan fingerprint density at radius 1 is 1.43 bits per heavy atom. The molecule has 8 nitrogen and oxygen atoms in total. The van der Waals surface area contributed by atoms with Gasteiger partial charge in [-0.05, 0) is 30.9 Å². The molecule has 2 fully saturated rings. The van der Waals surface area contributed by atoms with E-state index >= 15 is 0 Å². The number of ether oxygens (including phenoxy) is 1. The summed E-state index contributed by atoms with van der Waals surface area (Å²) in [6, 6.07) is 4.98. The average Bonchev–Trinajstić information content (AvgIpc) is 3.17. The summed E-state index contributed by atoms with van der Waals surface area (Å²) < 4.78 is 6.08. The maximum Gasteiger partial charge on any atom is 0.325 e. The van der Waals surface area contributed by atoms with Gasteiger partial charge in [0.2, 0.25) is 5.91 Å². The number of fused-ring (bicyclic) bond motifs is 1. The van der Waals surface area contributed by atoms with Gasteiger partial charge in [-0.3, -0.25) is 14.5 Å². The lowest BCUT2D eigenvalue weighted by Crippen LogP contribution is -2.54. The van der Waals surface area contributed by atoms with Crippen LogP contribution in [0.3, 0.4) is 0 Å². The van der Waals surface area contributed by atoms with Crippen molar-refractivity contribution in [1.29, 1.82) is 0 Å². The highest BCUT2D eigenvalue weighted by Gasteiger charge is 2.55. The third-order valence-corrected chi connectivity index (χ3v) is 6.60. The number of nitrogens with one attached hydrogen (secondary N) is 2. The van der Waals surface area contributed by atoms with E-state index in [1.165, 1.54) is 11.3 Å². The second kappa shape index (κ2) is 7.05. The van der Waals surface area contributed by atoms with Crippen LogP contribution >= 0.6 is 11.3 Å². The molecule has 1 spiro atoms. The molecule has 9 heteroatoms. The van der Waals surface area contributed by atoms with Gasteiger partial charge >= 0.3 is 6.03 Å². The largest absolute Gasteiger partial charge is 0.497 e. The Morgan fingerprint density at radius 3 is 3.00 bits per heavy atom. The summed E-state index contributed by atoms with van der Waals surface area (Å²) in [5.74, 6) is -0.00386. The number of anilines is 1. The van der Waals surface area contributed by atoms with Crippen molar-refractivity contribution in [1.82, 2.24) is 15.2 Å². The number of carbonyl (C=O) groups excluding carboxylic acids is 3. The number of rotatable bonds is 4. The number of amides is 4. The molecule has 1 aliphatic carbocycles. The SMILES string of the molecule is COc1ccc2sc(NC(=O)CN3C(=O)N[C@@]4(CCCC[C@H]4C)C3=O)nc2c1. The minimum atomic E-state index is -0.859. The number of methoxy groups -OCH3 is 1. The van der Waals surface area contributed by atoms with Gasteiger partial charge in [0, 0.05) is 6.07 Å². The summed E-state index contributed by atoms with van der Waals surface area (Å²) >= 11 is 1.32. The molecular weight excluding hydrogens is 380 g/mol. The normalized spacial score (nSPS) is 24.6. The standard InChI is InChI=1S/C19H22N4O4S/c1-11-5-3-4-8-19(11)16(25)23(18(26)22-19)10-15(24)21-17-20-13-9-12(27-2)6-7-14(13)28-17/h6-7,9,11H,3-5,8,10H2,1-2H3,(H,22,26)(H,20,21,24)/t11-,19-/m1/s1. The molecule has 1 aromatic carbocycles. The minimum absolute atomic E-state index is 0.0602. The van der Waals surface area contributed by atoms with Gasteiger partial charge in [0.15, 0.2) is 5.13 Å². The average molecular weight is 402 g/mol. The molecule has 0 bridgehead atoms. The lowest BCUT2D eigenvalue weighted by atomic mass is 9.73. The maximum absolute atomic E-state index is 12.9. The van der Waals surface area contributed by atoms with Gasteiger partial charge in [-0.2, -0.15) is 0 Å². The number of carbonyl (C=O) groups is 3. The van der Waals surface area contributed by atoms with E-state index in [1.807, 2.05) is 19.1 Å². The van der Waals surface area contributed by atoms with Crippen molar-refractivity contribution in [3.63, 3.8) is 0 Å². The first kappa shape index (κ1) is 18.7. The van der Waals surface area contributed by atoms with Gasteiger partial charge in [0.1, 0.15) is 17.8 Å². The summed E-state index contributed by atoms with van der Waals surface area (Å²) in [6.07, 6.45) is 3.46. The van der Waals surface area contributed by atoms with Crippen LogP contribution in [0.4, 0.5) is 9.93 Å². The van der Waals surface area contributed by atoms with E-state index in [2.05, 4.69) is 15.6 Å². The Bertz CT molecular complexity index is 959. The van der Waals surface area contributed by atoms with Gasteiger partial charge in [-0.1, -0.05) is 31.1 Å². The third kappa shape index (κ3) is 3.09. The predicted octanol–water partition coefficient (Wildman–Crippen LogP) is 2.74. The molecule has 148 valence electrons. The van der Waals surface area contributed by atoms with Crippen molar-refractivity contribution in [3.05, 3.63) is 18.2 Å². The molecular formula is C19H22N4O4S. The van der Waals surface area contributed by atoms with Crippen LogP contribution in [-0.4, -0.2) is 46.9 Å². The van der Waals surface area contributed by atoms with E-state index in [9.17, 15) is 14.4 Å². The number of hydrogen-bond donors (Lipinski definition) is 2. The molecule has 28 heavy (non-hydrogen) atoms. The molecule has 1 saturated carbocycles. The van der Waals surface area contributed by atoms with Crippen LogP contribution in [0.1, 0.15) is 32.6 Å². The van der Waals surface area contributed by atoms with Crippen molar-refractivity contribution in [2.45, 2.75) is 38.1 Å². The Morgan fingerprint density at radius 2 is 2.25 bits per heavy atom. The molecule has 1 saturated heterocycles. The first-order chi connectivity index (χ1) is 13.4. The summed E-state index contributed by atoms with van der Waals surface area (Å²) in [5.41, 5.74) is -0.146. The number of hydrogen-bond acceptors (Lipinski definition) is 6. The first-order valence-corrected chi connectivity index (χ1v) is 10.1. The Kier molecular flexibility index (Phi) is 4.70. The zero-order chi connectivity index (χ0) is 19.9. The van der Waals surface area contributed by atoms with Gasteiger partial charge in [0.05, 0.1) is 17.3 Å². The molecule has 4 rings (SSSR count). The van der Waals surface area contributed by atoms with Gasteiger partial charge in [-0.15, -0.1) is 0 Å². The molecule has 1 aliphatic heterocycles. The fourth-order valence-corrected chi connectivity index (χ4v) is 4.89. The Hall–Kier alpha value is -2.68. The van der Waals surface area contributed by atoms with Crippen molar-refractivity contribution in [2.24, 2.45) is 5.92 Å². The Balaban J connectivity index is 1.46. The van der Waals surface area contributed by atoms with E-state index in [0.29, 0.717) is 22.8 Å². The van der Waals surface area contributed by atoms with Crippen LogP contribution in [-0.2, 0) is 9.59 Å². The lowest BCUT2D eigenvalue weighted by Gasteiger charge is -2.36. The summed E-state index contributed by atoms with van der Waals surface area (Å²) in [6.45, 7) is 1.66. The minimum Gasteiger partial charge on any atom is -0.497 e. The zero-order valence-electron chi connectivity index (χ0n) is 15.8. The quantitative estimate of drug-likeness (QED) is 0.766. The second-order valence-electron chi connectivity index (χ2n) is 7.34. The number of benzene rings is 1. The van der Waals surface area contributed by atoms with Crippen LogP contribution in [0.15, 0.2) is 18.2 Å². The smallest absolute Gasteiger partial charge is 0.325 e. The molecule has 2 aliphatic rings. The number of thiazole rings is 1. The lowest BCUT2D eigenvalue weighted by molar-refractivity contribution is -0.136. The van der Waals surface area contributed by atoms with E-state index in [-0.39, 0.29) is 18.4 Å². The van der Waals surface area contributed by atoms with Crippen LogP contribution in [0.25, 0.3) is 10.2 Å². The molecule has 2 atom stereocenters. The monoisotopic (exact) mass is 402 g/mol. The van der Waals surface area contributed by atoms with Crippen LogP contribution in [0.5, 0.6) is 5.75 Å². The van der Waals surface area contributed by atoms with Crippen LogP contribution in [0, 0.1) is 5.92 Å². The highest BCUT2D eigenvalue weighted by Crippen LogP contribution is 2.38. The first-order valence-electron chi connectivity index (χ1n) is 9.31. The maximum atomic E-state index is 12.9. The fraction of sp³-hybridized carbons (Fsp3) is 0.474. The molecule has 4 amide bonds. The highest BCUT2D eigenvalue weighted by molar-refractivity contribution is 7.22. The number of imide groups is 1. The number of aromatic nitrogens is 1. The summed E-state index contributed by atoms with van der Waals surface area (Å²) in [7, 11) is 1.58.